The van der Waals surface area contributed by atoms with Gasteiger partial charge in [0, 0.05) is 38.9 Å². The van der Waals surface area contributed by atoms with Gasteiger partial charge in [-0.25, -0.2) is 4.79 Å². The second-order valence-corrected chi connectivity index (χ2v) is 9.33. The Balaban J connectivity index is 1.81. The first-order valence-corrected chi connectivity index (χ1v) is 11.4. The fourth-order valence-corrected chi connectivity index (χ4v) is 4.24. The van der Waals surface area contributed by atoms with Gasteiger partial charge in [0.2, 0.25) is 0 Å². The van der Waals surface area contributed by atoms with Crippen molar-refractivity contribution in [3.63, 3.8) is 0 Å². The van der Waals surface area contributed by atoms with E-state index in [1.165, 1.54) is 5.57 Å². The molecule has 0 aromatic carbocycles. The van der Waals surface area contributed by atoms with Gasteiger partial charge >= 0.3 is 6.09 Å². The van der Waals surface area contributed by atoms with Gasteiger partial charge in [-0.1, -0.05) is 11.8 Å². The van der Waals surface area contributed by atoms with Crippen molar-refractivity contribution in [2.75, 3.05) is 32.8 Å². The van der Waals surface area contributed by atoms with Crippen LogP contribution >= 0.6 is 0 Å². The second kappa shape index (κ2) is 10.2. The van der Waals surface area contributed by atoms with E-state index in [1.807, 2.05) is 33.8 Å². The molecule has 3 rings (SSSR count). The number of nitriles is 1. The highest BCUT2D eigenvalue weighted by Gasteiger charge is 2.29. The minimum absolute atomic E-state index is 0.0295. The Hall–Kier alpha value is -2.81. The van der Waals surface area contributed by atoms with E-state index in [4.69, 9.17) is 9.47 Å². The predicted octanol–water partition coefficient (Wildman–Crippen LogP) is 3.89. The van der Waals surface area contributed by atoms with Crippen molar-refractivity contribution in [2.24, 2.45) is 0 Å². The maximum Gasteiger partial charge on any atom is 0.410 e. The zero-order chi connectivity index (χ0) is 23.3. The lowest BCUT2D eigenvalue weighted by molar-refractivity contribution is -0.130. The number of amides is 2. The molecule has 0 N–H and O–H groups in total. The van der Waals surface area contributed by atoms with Crippen molar-refractivity contribution in [1.82, 2.24) is 9.80 Å². The summed E-state index contributed by atoms with van der Waals surface area (Å²) in [6.45, 7) is 10.4. The van der Waals surface area contributed by atoms with Gasteiger partial charge in [0.05, 0.1) is 0 Å². The molecule has 2 saturated heterocycles. The number of carbonyl (C=O) groups is 2. The number of hydrogen-bond acceptors (Lipinski definition) is 5. The van der Waals surface area contributed by atoms with Crippen LogP contribution in [0.5, 0.6) is 0 Å². The van der Waals surface area contributed by atoms with Gasteiger partial charge in [0.1, 0.15) is 11.7 Å². The van der Waals surface area contributed by atoms with Crippen LogP contribution in [0.1, 0.15) is 53.4 Å². The Morgan fingerprint density at radius 3 is 2.62 bits per heavy atom. The third-order valence-corrected chi connectivity index (χ3v) is 5.84. The van der Waals surface area contributed by atoms with E-state index >= 15 is 0 Å². The summed E-state index contributed by atoms with van der Waals surface area (Å²) >= 11 is 0. The molecule has 172 valence electrons. The average Bonchev–Trinajstić information content (AvgIpc) is 2.77. The molecule has 0 saturated carbocycles. The lowest BCUT2D eigenvalue weighted by Gasteiger charge is -2.33. The molecule has 7 heteroatoms. The standard InChI is InChI=1S/C25H33N3O4/c1-5-28(22-9-12-31-13-10-22)23(29)20(16-26)14-18-6-7-19-8-11-27(17-21(19)15-18)24(30)32-25(2,3)4/h7,15,22H,5-6,8-13,17H2,1-4H3. The lowest BCUT2D eigenvalue weighted by atomic mass is 9.89. The van der Waals surface area contributed by atoms with E-state index in [0.29, 0.717) is 39.3 Å². The number of allylic oxidation sites excluding steroid dienone is 2. The molecule has 2 amide bonds. The molecule has 1 aliphatic carbocycles. The molecule has 2 heterocycles. The predicted molar refractivity (Wildman–Crippen MR) is 121 cm³/mol. The summed E-state index contributed by atoms with van der Waals surface area (Å²) in [6, 6.07) is 2.15. The Labute approximate surface area is 190 Å². The van der Waals surface area contributed by atoms with Gasteiger partial charge in [-0.05, 0) is 76.2 Å². The highest BCUT2D eigenvalue weighted by Crippen LogP contribution is 2.30. The Bertz CT molecular complexity index is 920. The van der Waals surface area contributed by atoms with Gasteiger partial charge in [-0.2, -0.15) is 5.26 Å². The maximum atomic E-state index is 13.1. The number of hydrogen-bond donors (Lipinski definition) is 0. The van der Waals surface area contributed by atoms with Crippen LogP contribution in [0.2, 0.25) is 0 Å². The first kappa shape index (κ1) is 23.8. The molecule has 0 radical (unpaired) electrons. The molecular weight excluding hydrogens is 406 g/mol. The van der Waals surface area contributed by atoms with E-state index < -0.39 is 5.60 Å². The van der Waals surface area contributed by atoms with E-state index in [9.17, 15) is 14.9 Å². The number of nitrogens with zero attached hydrogens (tertiary/aromatic N) is 3. The number of likely N-dealkylation sites (tertiary alicyclic amines) is 1. The fourth-order valence-electron chi connectivity index (χ4n) is 4.24. The number of rotatable bonds is 3. The molecule has 0 unspecified atom stereocenters. The summed E-state index contributed by atoms with van der Waals surface area (Å²) in [6.07, 6.45) is 6.69. The van der Waals surface area contributed by atoms with Gasteiger partial charge in [0.15, 0.2) is 5.57 Å². The average molecular weight is 440 g/mol. The lowest BCUT2D eigenvalue weighted by Crippen LogP contribution is -2.43. The fraction of sp³-hybridized carbons (Fsp3) is 0.600. The summed E-state index contributed by atoms with van der Waals surface area (Å²) in [5.74, 6) is -0.276. The van der Waals surface area contributed by atoms with E-state index in [2.05, 4.69) is 17.9 Å². The second-order valence-electron chi connectivity index (χ2n) is 9.33. The van der Waals surface area contributed by atoms with E-state index in [-0.39, 0.29) is 23.6 Å². The van der Waals surface area contributed by atoms with Crippen molar-refractivity contribution in [1.29, 1.82) is 5.26 Å². The number of piperidine rings is 1. The van der Waals surface area contributed by atoms with Crippen LogP contribution in [0.15, 0.2) is 40.2 Å². The van der Waals surface area contributed by atoms with Crippen molar-refractivity contribution in [2.45, 2.75) is 65.0 Å². The van der Waals surface area contributed by atoms with Crippen LogP contribution in [0.3, 0.4) is 0 Å². The summed E-state index contributed by atoms with van der Waals surface area (Å²) in [5.41, 5.74) is 5.55. The van der Waals surface area contributed by atoms with Crippen molar-refractivity contribution in [3.8, 4) is 6.07 Å². The Kier molecular flexibility index (Phi) is 7.60. The largest absolute Gasteiger partial charge is 0.444 e. The van der Waals surface area contributed by atoms with Crippen LogP contribution in [-0.4, -0.2) is 66.3 Å². The maximum absolute atomic E-state index is 13.1. The molecule has 0 bridgehead atoms. The molecule has 0 atom stereocenters. The van der Waals surface area contributed by atoms with Crippen LogP contribution in [0.4, 0.5) is 4.79 Å². The van der Waals surface area contributed by atoms with Gasteiger partial charge in [-0.15, -0.1) is 0 Å². The zero-order valence-electron chi connectivity index (χ0n) is 19.6. The molecular formula is C25H33N3O4. The molecule has 0 aromatic heterocycles. The minimum Gasteiger partial charge on any atom is -0.444 e. The van der Waals surface area contributed by atoms with E-state index in [1.54, 1.807) is 9.80 Å². The minimum atomic E-state index is -0.542. The molecule has 2 aliphatic heterocycles. The smallest absolute Gasteiger partial charge is 0.410 e. The first-order chi connectivity index (χ1) is 15.2. The molecule has 3 aliphatic rings. The summed E-state index contributed by atoms with van der Waals surface area (Å²) < 4.78 is 10.9. The van der Waals surface area contributed by atoms with Crippen molar-refractivity contribution < 1.29 is 19.1 Å². The highest BCUT2D eigenvalue weighted by atomic mass is 16.6. The topological polar surface area (TPSA) is 82.9 Å². The van der Waals surface area contributed by atoms with Gasteiger partial charge in [0.25, 0.3) is 5.91 Å². The molecule has 0 spiro atoms. The Morgan fingerprint density at radius 1 is 1.28 bits per heavy atom. The number of carbonyl (C=O) groups excluding carboxylic acids is 2. The van der Waals surface area contributed by atoms with E-state index in [0.717, 1.165) is 30.4 Å². The molecule has 2 fully saturated rings. The third-order valence-electron chi connectivity index (χ3n) is 5.84. The number of ether oxygens (including phenoxy) is 2. The van der Waals surface area contributed by atoms with Crippen LogP contribution in [-0.2, 0) is 14.3 Å². The summed E-state index contributed by atoms with van der Waals surface area (Å²) in [5, 5.41) is 9.68. The van der Waals surface area contributed by atoms with Crippen LogP contribution in [0.25, 0.3) is 0 Å². The van der Waals surface area contributed by atoms with Crippen LogP contribution < -0.4 is 0 Å². The summed E-state index contributed by atoms with van der Waals surface area (Å²) in [7, 11) is 0. The molecule has 7 nitrogen and oxygen atoms in total. The monoisotopic (exact) mass is 439 g/mol. The summed E-state index contributed by atoms with van der Waals surface area (Å²) in [4.78, 5) is 29.0. The SMILES string of the molecule is CCN(C(=O)C(=C=C1C=C2CN(C(=O)OC(C)(C)C)CCC2=CC1)C#N)C1CCOCC1. The number of likely N-dealkylation sites (N-methyl/N-ethyl adjacent to an activating group) is 1. The first-order valence-electron chi connectivity index (χ1n) is 11.4. The number of fused-ring (bicyclic) bond motifs is 1. The van der Waals surface area contributed by atoms with Crippen molar-refractivity contribution in [3.05, 3.63) is 40.2 Å². The Morgan fingerprint density at radius 2 is 2.00 bits per heavy atom. The van der Waals surface area contributed by atoms with Crippen molar-refractivity contribution >= 4 is 12.0 Å². The quantitative estimate of drug-likeness (QED) is 0.379. The zero-order valence-corrected chi connectivity index (χ0v) is 19.6. The van der Waals surface area contributed by atoms with Crippen LogP contribution in [0, 0.1) is 11.3 Å². The third kappa shape index (κ3) is 5.91. The highest BCUT2D eigenvalue weighted by molar-refractivity contribution is 5.97. The molecule has 32 heavy (non-hydrogen) atoms. The van der Waals surface area contributed by atoms with Gasteiger partial charge < -0.3 is 19.3 Å². The molecule has 0 aromatic rings. The van der Waals surface area contributed by atoms with Gasteiger partial charge in [-0.3, -0.25) is 4.79 Å². The normalized spacial score (nSPS) is 19.1.